The van der Waals surface area contributed by atoms with E-state index < -0.39 is 0 Å². The van der Waals surface area contributed by atoms with E-state index in [1.807, 2.05) is 54.8 Å². The fourth-order valence-electron chi connectivity index (χ4n) is 2.13. The van der Waals surface area contributed by atoms with E-state index >= 15 is 0 Å². The van der Waals surface area contributed by atoms with Crippen LogP contribution in [0.15, 0.2) is 36.0 Å². The van der Waals surface area contributed by atoms with Crippen molar-refractivity contribution < 1.29 is 0 Å². The first-order valence-corrected chi connectivity index (χ1v) is 8.52. The molecular weight excluding hydrogens is 316 g/mol. The number of nitrogens with zero attached hydrogens (tertiary/aromatic N) is 4. The molecular formula is C19H18N4S. The van der Waals surface area contributed by atoms with Gasteiger partial charge in [0.1, 0.15) is 17.7 Å². The Bertz CT molecular complexity index is 796. The Morgan fingerprint density at radius 3 is 2.29 bits per heavy atom. The molecule has 2 rings (SSSR count). The molecule has 0 spiro atoms. The average molecular weight is 334 g/mol. The maximum atomic E-state index is 8.77. The maximum Gasteiger partial charge on any atom is 0.185 e. The number of aromatic nitrogens is 1. The van der Waals surface area contributed by atoms with Gasteiger partial charge in [-0.1, -0.05) is 41.7 Å². The largest absolute Gasteiger partial charge is 0.349 e. The molecule has 120 valence electrons. The summed E-state index contributed by atoms with van der Waals surface area (Å²) in [5.41, 5.74) is 2.00. The number of benzene rings is 1. The number of hydrogen-bond acceptors (Lipinski definition) is 5. The van der Waals surface area contributed by atoms with Crippen LogP contribution in [0.1, 0.15) is 29.9 Å². The average Bonchev–Trinajstić information content (AvgIpc) is 3.09. The first-order chi connectivity index (χ1) is 11.7. The summed E-state index contributed by atoms with van der Waals surface area (Å²) in [5.74, 6) is 0. The Balaban J connectivity index is 2.09. The molecule has 1 aromatic carbocycles. The molecule has 0 saturated carbocycles. The quantitative estimate of drug-likeness (QED) is 0.725. The summed E-state index contributed by atoms with van der Waals surface area (Å²) in [5, 5.41) is 18.6. The van der Waals surface area contributed by atoms with Crippen molar-refractivity contribution in [2.45, 2.75) is 13.8 Å². The topological polar surface area (TPSA) is 63.7 Å². The van der Waals surface area contributed by atoms with E-state index in [9.17, 15) is 0 Å². The van der Waals surface area contributed by atoms with E-state index in [4.69, 9.17) is 10.5 Å². The lowest BCUT2D eigenvalue weighted by molar-refractivity contribution is 0.860. The minimum Gasteiger partial charge on any atom is -0.349 e. The maximum absolute atomic E-state index is 8.77. The SMILES string of the molecule is CCN(CC)c1ncc(/C=C/c2ccc(C=C(C#N)C#N)cc2)s1. The second-order valence-electron chi connectivity index (χ2n) is 5.00. The second-order valence-corrected chi connectivity index (χ2v) is 6.04. The second kappa shape index (κ2) is 8.67. The molecule has 0 aliphatic heterocycles. The predicted octanol–water partition coefficient (Wildman–Crippen LogP) is 4.59. The summed E-state index contributed by atoms with van der Waals surface area (Å²) in [6, 6.07) is 11.4. The van der Waals surface area contributed by atoms with Gasteiger partial charge in [0.05, 0.1) is 0 Å². The molecule has 0 atom stereocenters. The third-order valence-electron chi connectivity index (χ3n) is 3.47. The van der Waals surface area contributed by atoms with Gasteiger partial charge in [-0.2, -0.15) is 10.5 Å². The van der Waals surface area contributed by atoms with Crippen LogP contribution >= 0.6 is 11.3 Å². The van der Waals surface area contributed by atoms with Crippen LogP contribution in [0.2, 0.25) is 0 Å². The van der Waals surface area contributed by atoms with Gasteiger partial charge in [0.15, 0.2) is 5.13 Å². The molecule has 5 heteroatoms. The van der Waals surface area contributed by atoms with Crippen LogP contribution in [0.4, 0.5) is 5.13 Å². The van der Waals surface area contributed by atoms with Crippen molar-refractivity contribution in [3.63, 3.8) is 0 Å². The van der Waals surface area contributed by atoms with E-state index in [0.717, 1.165) is 34.2 Å². The summed E-state index contributed by atoms with van der Waals surface area (Å²) in [6.07, 6.45) is 7.54. The highest BCUT2D eigenvalue weighted by Gasteiger charge is 2.05. The van der Waals surface area contributed by atoms with Gasteiger partial charge in [-0.05, 0) is 37.1 Å². The Morgan fingerprint density at radius 2 is 1.71 bits per heavy atom. The zero-order chi connectivity index (χ0) is 17.4. The molecule has 1 aromatic heterocycles. The van der Waals surface area contributed by atoms with Crippen LogP contribution in [-0.2, 0) is 0 Å². The van der Waals surface area contributed by atoms with E-state index in [-0.39, 0.29) is 5.57 Å². The molecule has 4 nitrogen and oxygen atoms in total. The van der Waals surface area contributed by atoms with Crippen molar-refractivity contribution in [1.82, 2.24) is 4.98 Å². The zero-order valence-electron chi connectivity index (χ0n) is 13.7. The number of hydrogen-bond donors (Lipinski definition) is 0. The van der Waals surface area contributed by atoms with Gasteiger partial charge in [-0.3, -0.25) is 0 Å². The smallest absolute Gasteiger partial charge is 0.185 e. The molecule has 0 N–H and O–H groups in total. The third kappa shape index (κ3) is 4.55. The highest BCUT2D eigenvalue weighted by atomic mass is 32.1. The van der Waals surface area contributed by atoms with Gasteiger partial charge < -0.3 is 4.90 Å². The fraction of sp³-hybridized carbons (Fsp3) is 0.211. The predicted molar refractivity (Wildman–Crippen MR) is 100 cm³/mol. The highest BCUT2D eigenvalue weighted by Crippen LogP contribution is 2.24. The first-order valence-electron chi connectivity index (χ1n) is 7.71. The van der Waals surface area contributed by atoms with Crippen molar-refractivity contribution in [2.75, 3.05) is 18.0 Å². The van der Waals surface area contributed by atoms with Crippen LogP contribution in [0.5, 0.6) is 0 Å². The number of allylic oxidation sites excluding steroid dienone is 1. The summed E-state index contributed by atoms with van der Waals surface area (Å²) in [4.78, 5) is 7.80. The van der Waals surface area contributed by atoms with Gasteiger partial charge in [-0.15, -0.1) is 0 Å². The standard InChI is InChI=1S/C19H18N4S/c1-3-23(4-2)19-22-14-18(24-19)10-9-15-5-7-16(8-6-15)11-17(12-20)13-21/h5-11,14H,3-4H2,1-2H3/b10-9+. The van der Waals surface area contributed by atoms with Gasteiger partial charge >= 0.3 is 0 Å². The highest BCUT2D eigenvalue weighted by molar-refractivity contribution is 7.16. The van der Waals surface area contributed by atoms with Crippen molar-refractivity contribution in [1.29, 1.82) is 10.5 Å². The van der Waals surface area contributed by atoms with Crippen molar-refractivity contribution in [2.24, 2.45) is 0 Å². The molecule has 24 heavy (non-hydrogen) atoms. The minimum atomic E-state index is 0.104. The lowest BCUT2D eigenvalue weighted by atomic mass is 10.1. The van der Waals surface area contributed by atoms with Crippen LogP contribution in [-0.4, -0.2) is 18.1 Å². The van der Waals surface area contributed by atoms with Crippen LogP contribution < -0.4 is 4.90 Å². The summed E-state index contributed by atoms with van der Waals surface area (Å²) in [6.45, 7) is 6.16. The minimum absolute atomic E-state index is 0.104. The first kappa shape index (κ1) is 17.5. The number of thiazole rings is 1. The summed E-state index contributed by atoms with van der Waals surface area (Å²) < 4.78 is 0. The molecule has 0 aliphatic rings. The van der Waals surface area contributed by atoms with Crippen molar-refractivity contribution in [3.05, 3.63) is 52.0 Å². The Kier molecular flexibility index (Phi) is 6.31. The lowest BCUT2D eigenvalue weighted by Crippen LogP contribution is -2.21. The Labute approximate surface area is 146 Å². The zero-order valence-corrected chi connectivity index (χ0v) is 14.5. The molecule has 1 heterocycles. The van der Waals surface area contributed by atoms with E-state index in [0.29, 0.717) is 0 Å². The van der Waals surface area contributed by atoms with Crippen molar-refractivity contribution in [3.8, 4) is 12.1 Å². The third-order valence-corrected chi connectivity index (χ3v) is 4.50. The number of anilines is 1. The van der Waals surface area contributed by atoms with E-state index in [1.54, 1.807) is 17.4 Å². The van der Waals surface area contributed by atoms with Gasteiger partial charge in [0.25, 0.3) is 0 Å². The normalized spacial score (nSPS) is 10.2. The number of rotatable bonds is 6. The molecule has 0 unspecified atom stereocenters. The lowest BCUT2D eigenvalue weighted by Gasteiger charge is -2.16. The van der Waals surface area contributed by atoms with Gasteiger partial charge in [-0.25, -0.2) is 4.98 Å². The Hall–Kier alpha value is -2.89. The van der Waals surface area contributed by atoms with E-state index in [1.165, 1.54) is 0 Å². The van der Waals surface area contributed by atoms with Gasteiger partial charge in [0, 0.05) is 24.2 Å². The molecule has 2 aromatic rings. The number of nitriles is 2. The monoisotopic (exact) mass is 334 g/mol. The van der Waals surface area contributed by atoms with E-state index in [2.05, 4.69) is 23.7 Å². The van der Waals surface area contributed by atoms with Gasteiger partial charge in [0.2, 0.25) is 0 Å². The molecule has 0 bridgehead atoms. The summed E-state index contributed by atoms with van der Waals surface area (Å²) >= 11 is 1.67. The molecule has 0 amide bonds. The molecule has 0 aliphatic carbocycles. The molecule has 0 fully saturated rings. The van der Waals surface area contributed by atoms with Crippen LogP contribution in [0.25, 0.3) is 18.2 Å². The molecule has 0 radical (unpaired) electrons. The summed E-state index contributed by atoms with van der Waals surface area (Å²) in [7, 11) is 0. The van der Waals surface area contributed by atoms with Crippen LogP contribution in [0, 0.1) is 22.7 Å². The fourth-order valence-corrected chi connectivity index (χ4v) is 3.08. The van der Waals surface area contributed by atoms with Crippen LogP contribution in [0.3, 0.4) is 0 Å². The molecule has 0 saturated heterocycles. The van der Waals surface area contributed by atoms with Crippen molar-refractivity contribution >= 4 is 34.7 Å². The Morgan fingerprint density at radius 1 is 1.08 bits per heavy atom.